The van der Waals surface area contributed by atoms with Crippen LogP contribution in [0.3, 0.4) is 0 Å². The van der Waals surface area contributed by atoms with E-state index in [-0.39, 0.29) is 10.9 Å². The van der Waals surface area contributed by atoms with Crippen molar-refractivity contribution >= 4 is 21.6 Å². The van der Waals surface area contributed by atoms with Gasteiger partial charge >= 0.3 is 0 Å². The first kappa shape index (κ1) is 16.7. The highest BCUT2D eigenvalue weighted by atomic mass is 35.5. The van der Waals surface area contributed by atoms with E-state index in [1.165, 1.54) is 6.07 Å². The van der Waals surface area contributed by atoms with Crippen LogP contribution in [0.4, 0.5) is 0 Å². The van der Waals surface area contributed by atoms with Crippen LogP contribution in [0.5, 0.6) is 0 Å². The Bertz CT molecular complexity index is 584. The minimum atomic E-state index is -3.54. The zero-order valence-electron chi connectivity index (χ0n) is 12.2. The molecule has 1 saturated heterocycles. The van der Waals surface area contributed by atoms with Gasteiger partial charge in [-0.25, -0.2) is 13.1 Å². The number of benzene rings is 1. The third-order valence-corrected chi connectivity index (χ3v) is 5.17. The van der Waals surface area contributed by atoms with Crippen LogP contribution < -0.4 is 10.0 Å². The molecule has 5 nitrogen and oxygen atoms in total. The first-order valence-corrected chi connectivity index (χ1v) is 8.86. The van der Waals surface area contributed by atoms with Gasteiger partial charge in [0.05, 0.1) is 11.5 Å². The molecule has 21 heavy (non-hydrogen) atoms. The van der Waals surface area contributed by atoms with Crippen LogP contribution in [-0.4, -0.2) is 33.7 Å². The maximum atomic E-state index is 12.4. The molecule has 0 amide bonds. The second-order valence-corrected chi connectivity index (χ2v) is 7.59. The van der Waals surface area contributed by atoms with E-state index in [1.54, 1.807) is 12.1 Å². The molecule has 0 aliphatic carbocycles. The molecule has 1 heterocycles. The SMILES string of the molecule is CC(C)NCc1cc(S(=O)(=O)NC2CCOC2)ccc1Cl. The normalized spacial score (nSPS) is 19.3. The third-order valence-electron chi connectivity index (χ3n) is 3.28. The lowest BCUT2D eigenvalue weighted by molar-refractivity contribution is 0.192. The van der Waals surface area contributed by atoms with E-state index in [0.29, 0.717) is 37.2 Å². The highest BCUT2D eigenvalue weighted by Crippen LogP contribution is 2.21. The molecule has 0 aromatic heterocycles. The van der Waals surface area contributed by atoms with Crippen molar-refractivity contribution in [3.63, 3.8) is 0 Å². The summed E-state index contributed by atoms with van der Waals surface area (Å²) in [5.41, 5.74) is 0.774. The number of rotatable bonds is 6. The summed E-state index contributed by atoms with van der Waals surface area (Å²) in [6.45, 7) is 5.60. The van der Waals surface area contributed by atoms with Crippen molar-refractivity contribution in [2.45, 2.75) is 43.8 Å². The molecule has 0 saturated carbocycles. The van der Waals surface area contributed by atoms with Crippen molar-refractivity contribution in [3.8, 4) is 0 Å². The average molecular weight is 333 g/mol. The van der Waals surface area contributed by atoms with Gasteiger partial charge in [-0.1, -0.05) is 25.4 Å². The Morgan fingerprint density at radius 2 is 2.19 bits per heavy atom. The Morgan fingerprint density at radius 1 is 1.43 bits per heavy atom. The zero-order valence-corrected chi connectivity index (χ0v) is 13.8. The largest absolute Gasteiger partial charge is 0.380 e. The van der Waals surface area contributed by atoms with Gasteiger partial charge in [-0.3, -0.25) is 0 Å². The molecule has 1 aliphatic heterocycles. The zero-order chi connectivity index (χ0) is 15.5. The van der Waals surface area contributed by atoms with Gasteiger partial charge in [0.25, 0.3) is 0 Å². The van der Waals surface area contributed by atoms with Gasteiger partial charge in [-0.15, -0.1) is 0 Å². The Hall–Kier alpha value is -0.660. The van der Waals surface area contributed by atoms with E-state index in [1.807, 2.05) is 13.8 Å². The minimum Gasteiger partial charge on any atom is -0.380 e. The lowest BCUT2D eigenvalue weighted by atomic mass is 10.2. The predicted molar refractivity (Wildman–Crippen MR) is 83.0 cm³/mol. The number of nitrogens with one attached hydrogen (secondary N) is 2. The molecule has 1 atom stereocenters. The van der Waals surface area contributed by atoms with Crippen LogP contribution in [0.25, 0.3) is 0 Å². The van der Waals surface area contributed by atoms with Crippen molar-refractivity contribution in [2.75, 3.05) is 13.2 Å². The summed E-state index contributed by atoms with van der Waals surface area (Å²) in [6, 6.07) is 4.92. The van der Waals surface area contributed by atoms with Crippen LogP contribution in [0.2, 0.25) is 5.02 Å². The Labute approximate surface area is 131 Å². The van der Waals surface area contributed by atoms with Gasteiger partial charge < -0.3 is 10.1 Å². The quantitative estimate of drug-likeness (QED) is 0.835. The highest BCUT2D eigenvalue weighted by Gasteiger charge is 2.23. The topological polar surface area (TPSA) is 67.4 Å². The first-order chi connectivity index (χ1) is 9.88. The molecule has 2 N–H and O–H groups in total. The van der Waals surface area contributed by atoms with Crippen LogP contribution in [0.1, 0.15) is 25.8 Å². The molecule has 0 spiro atoms. The maximum Gasteiger partial charge on any atom is 0.240 e. The summed E-state index contributed by atoms with van der Waals surface area (Å²) in [5, 5.41) is 3.80. The summed E-state index contributed by atoms with van der Waals surface area (Å²) >= 11 is 6.12. The van der Waals surface area contributed by atoms with Crippen molar-refractivity contribution in [2.24, 2.45) is 0 Å². The van der Waals surface area contributed by atoms with Crippen LogP contribution in [0, 0.1) is 0 Å². The molecule has 1 aromatic rings. The number of sulfonamides is 1. The van der Waals surface area contributed by atoms with Crippen molar-refractivity contribution in [1.82, 2.24) is 10.0 Å². The molecule has 2 rings (SSSR count). The molecule has 1 unspecified atom stereocenters. The lowest BCUT2D eigenvalue weighted by Gasteiger charge is -2.14. The van der Waals surface area contributed by atoms with E-state index in [0.717, 1.165) is 5.56 Å². The van der Waals surface area contributed by atoms with Crippen LogP contribution >= 0.6 is 11.6 Å². The second kappa shape index (κ2) is 7.07. The third kappa shape index (κ3) is 4.66. The fraction of sp³-hybridized carbons (Fsp3) is 0.571. The highest BCUT2D eigenvalue weighted by molar-refractivity contribution is 7.89. The van der Waals surface area contributed by atoms with Gasteiger partial charge in [-0.2, -0.15) is 0 Å². The molecular weight excluding hydrogens is 312 g/mol. The molecular formula is C14H21ClN2O3S. The minimum absolute atomic E-state index is 0.150. The summed E-state index contributed by atoms with van der Waals surface area (Å²) < 4.78 is 32.6. The predicted octanol–water partition coefficient (Wildman–Crippen LogP) is 1.91. The van der Waals surface area contributed by atoms with E-state index < -0.39 is 10.0 Å². The summed E-state index contributed by atoms with van der Waals surface area (Å²) in [7, 11) is -3.54. The van der Waals surface area contributed by atoms with Gasteiger partial charge in [0.15, 0.2) is 0 Å². The van der Waals surface area contributed by atoms with Crippen molar-refractivity contribution in [1.29, 1.82) is 0 Å². The Kier molecular flexibility index (Phi) is 5.62. The fourth-order valence-electron chi connectivity index (χ4n) is 2.08. The summed E-state index contributed by atoms with van der Waals surface area (Å²) in [6.07, 6.45) is 0.703. The first-order valence-electron chi connectivity index (χ1n) is 7.00. The van der Waals surface area contributed by atoms with Crippen LogP contribution in [0.15, 0.2) is 23.1 Å². The molecule has 1 aliphatic rings. The Morgan fingerprint density at radius 3 is 2.81 bits per heavy atom. The second-order valence-electron chi connectivity index (χ2n) is 5.47. The molecule has 118 valence electrons. The molecule has 0 bridgehead atoms. The number of ether oxygens (including phenoxy) is 1. The molecule has 1 aromatic carbocycles. The molecule has 0 radical (unpaired) electrons. The summed E-state index contributed by atoms with van der Waals surface area (Å²) in [4.78, 5) is 0.236. The van der Waals surface area contributed by atoms with Crippen molar-refractivity contribution < 1.29 is 13.2 Å². The summed E-state index contributed by atoms with van der Waals surface area (Å²) in [5.74, 6) is 0. The number of hydrogen-bond donors (Lipinski definition) is 2. The Balaban J connectivity index is 2.16. The van der Waals surface area contributed by atoms with Gasteiger partial charge in [-0.05, 0) is 30.2 Å². The molecule has 1 fully saturated rings. The van der Waals surface area contributed by atoms with Gasteiger partial charge in [0, 0.05) is 30.3 Å². The van der Waals surface area contributed by atoms with E-state index in [2.05, 4.69) is 10.0 Å². The van der Waals surface area contributed by atoms with Gasteiger partial charge in [0.2, 0.25) is 10.0 Å². The lowest BCUT2D eigenvalue weighted by Crippen LogP contribution is -2.35. The average Bonchev–Trinajstić information content (AvgIpc) is 2.89. The number of hydrogen-bond acceptors (Lipinski definition) is 4. The monoisotopic (exact) mass is 332 g/mol. The van der Waals surface area contributed by atoms with E-state index in [9.17, 15) is 8.42 Å². The van der Waals surface area contributed by atoms with Gasteiger partial charge in [0.1, 0.15) is 0 Å². The smallest absolute Gasteiger partial charge is 0.240 e. The number of halogens is 1. The van der Waals surface area contributed by atoms with E-state index in [4.69, 9.17) is 16.3 Å². The standard InChI is InChI=1S/C14H21ClN2O3S/c1-10(2)16-8-11-7-13(3-4-14(11)15)21(18,19)17-12-5-6-20-9-12/h3-4,7,10,12,16-17H,5-6,8-9H2,1-2H3. The fourth-order valence-corrected chi connectivity index (χ4v) is 3.57. The van der Waals surface area contributed by atoms with Crippen molar-refractivity contribution in [3.05, 3.63) is 28.8 Å². The maximum absolute atomic E-state index is 12.4. The van der Waals surface area contributed by atoms with Crippen LogP contribution in [-0.2, 0) is 21.3 Å². The van der Waals surface area contributed by atoms with E-state index >= 15 is 0 Å². The molecule has 7 heteroatoms.